The van der Waals surface area contributed by atoms with Crippen LogP contribution in [0, 0.1) is 23.7 Å². The summed E-state index contributed by atoms with van der Waals surface area (Å²) in [7, 11) is 0. The largest absolute Gasteiger partial charge is 2.00 e. The predicted octanol–water partition coefficient (Wildman–Crippen LogP) is 12.4. The van der Waals surface area contributed by atoms with Crippen LogP contribution in [0.5, 0.6) is 0 Å². The molecule has 8 bridgehead atoms. The van der Waals surface area contributed by atoms with Crippen molar-refractivity contribution in [3.63, 3.8) is 0 Å². The van der Waals surface area contributed by atoms with Gasteiger partial charge in [0.25, 0.3) is 0 Å². The maximum absolute atomic E-state index is 6.16. The first-order valence-corrected chi connectivity index (χ1v) is 24.6. The maximum atomic E-state index is 6.16. The minimum atomic E-state index is 0. The molecule has 5 aliphatic rings. The van der Waals surface area contributed by atoms with Crippen LogP contribution >= 0.6 is 0 Å². The van der Waals surface area contributed by atoms with Crippen molar-refractivity contribution >= 4 is 21.5 Å². The summed E-state index contributed by atoms with van der Waals surface area (Å²) in [6.07, 6.45) is 10.0. The Labute approximate surface area is 398 Å². The van der Waals surface area contributed by atoms with Crippen LogP contribution in [-0.4, -0.2) is 24.2 Å². The van der Waals surface area contributed by atoms with E-state index >= 15 is 0 Å². The fraction of sp³-hybridized carbons (Fsp3) is 0.333. The minimum Gasteiger partial charge on any atom is -0.663 e. The smallest absolute Gasteiger partial charge is 0.663 e. The number of nitrogens with one attached hydrogen (secondary N) is 2. The Hall–Kier alpha value is -5.02. The summed E-state index contributed by atoms with van der Waals surface area (Å²) in [6, 6.07) is 65.3. The molecule has 2 saturated heterocycles. The molecule has 5 heteroatoms. The van der Waals surface area contributed by atoms with Crippen molar-refractivity contribution in [3.05, 3.63) is 215 Å². The molecule has 4 heterocycles. The third-order valence-corrected chi connectivity index (χ3v) is 17.1. The molecule has 0 spiro atoms. The fourth-order valence-corrected chi connectivity index (χ4v) is 14.6. The topological polar surface area (TPSA) is 52.3 Å². The van der Waals surface area contributed by atoms with Crippen LogP contribution in [0.3, 0.4) is 0 Å². The normalized spacial score (nSPS) is 30.6. The second-order valence-corrected chi connectivity index (χ2v) is 20.1. The van der Waals surface area contributed by atoms with Crippen LogP contribution in [0.1, 0.15) is 120 Å². The van der Waals surface area contributed by atoms with E-state index in [1.54, 1.807) is 0 Å². The molecule has 0 amide bonds. The Balaban J connectivity index is 0.00000444. The summed E-state index contributed by atoms with van der Waals surface area (Å²) >= 11 is 0. The van der Waals surface area contributed by atoms with Gasteiger partial charge in [-0.05, 0) is 93.2 Å². The van der Waals surface area contributed by atoms with Crippen LogP contribution in [0.15, 0.2) is 170 Å². The standard InChI is InChI=1S/C60H58N4.Pd/c1-5-21-37(22-6-1)49-53-41-29-13-15-31-43(41)55(61-53)50(38-23-7-2-8-24-38)57-45-33-17-19-35-47(45)59(63-57)52(40-27-11-4-12-28-40)60-48-36-20-18-34-46(48)58(64-60)51(39-25-9-3-10-26-39)56-44-32-16-14-30-42(44)54(49)62-56;/h1-13,15,18,20-29,31,34,36,42,44-45,47,49-52,54,56-57,59,62-63H,14,16-17,19,30,32-33,35H2;/q-2;+2. The Kier molecular flexibility index (Phi) is 11.0. The summed E-state index contributed by atoms with van der Waals surface area (Å²) in [5.41, 5.74) is 10.5. The van der Waals surface area contributed by atoms with E-state index in [2.05, 4.69) is 180 Å². The number of hydrogen-bond donors (Lipinski definition) is 2. The SMILES string of the molecule is [Pd+2].c1ccc(C2c3[n-]c(c4ccccc34)C(c3ccccc3)C3NC(C(c4ccccc4)c4[n-]c(c5ccccc45)C(c4ccccc4)C4NC2C2CCCCC24)C2CCCCC23)cc1. The van der Waals surface area contributed by atoms with E-state index in [1.165, 1.54) is 118 Å². The Bertz CT molecular complexity index is 2500. The Morgan fingerprint density at radius 1 is 0.292 bits per heavy atom. The Morgan fingerprint density at radius 3 is 0.738 bits per heavy atom. The van der Waals surface area contributed by atoms with E-state index in [1.807, 2.05) is 0 Å². The zero-order chi connectivity index (χ0) is 42.1. The predicted molar refractivity (Wildman–Crippen MR) is 260 cm³/mol. The van der Waals surface area contributed by atoms with Crippen LogP contribution in [0.2, 0.25) is 0 Å². The second kappa shape index (κ2) is 17.3. The van der Waals surface area contributed by atoms with Gasteiger partial charge in [-0.25, -0.2) is 0 Å². The van der Waals surface area contributed by atoms with E-state index in [4.69, 9.17) is 9.97 Å². The van der Waals surface area contributed by atoms with Gasteiger partial charge in [0, 0.05) is 47.8 Å². The molecule has 8 aromatic rings. The fourth-order valence-electron chi connectivity index (χ4n) is 14.6. The molecule has 12 unspecified atom stereocenters. The summed E-state index contributed by atoms with van der Waals surface area (Å²) in [4.78, 5) is 12.3. The maximum Gasteiger partial charge on any atom is 2.00 e. The first-order valence-electron chi connectivity index (χ1n) is 24.6. The summed E-state index contributed by atoms with van der Waals surface area (Å²) in [5.74, 6) is 2.38. The van der Waals surface area contributed by atoms with Gasteiger partial charge < -0.3 is 20.6 Å². The van der Waals surface area contributed by atoms with Gasteiger partial charge in [0.1, 0.15) is 0 Å². The van der Waals surface area contributed by atoms with Gasteiger partial charge in [0.2, 0.25) is 0 Å². The number of hydrogen-bond acceptors (Lipinski definition) is 2. The molecule has 65 heavy (non-hydrogen) atoms. The molecule has 13 rings (SSSR count). The average Bonchev–Trinajstić information content (AvgIpc) is 4.14. The molecule has 4 fully saturated rings. The van der Waals surface area contributed by atoms with Gasteiger partial charge in [0.15, 0.2) is 0 Å². The van der Waals surface area contributed by atoms with Crippen molar-refractivity contribution in [2.75, 3.05) is 0 Å². The molecule has 6 aromatic carbocycles. The number of nitrogens with zero attached hydrogens (tertiary/aromatic N) is 2. The molecule has 2 aliphatic heterocycles. The third-order valence-electron chi connectivity index (χ3n) is 17.1. The molecule has 2 aromatic heterocycles. The molecule has 4 nitrogen and oxygen atoms in total. The van der Waals surface area contributed by atoms with Crippen molar-refractivity contribution in [3.8, 4) is 0 Å². The molecule has 3 aliphatic carbocycles. The molecular formula is C60H58N4Pd. The summed E-state index contributed by atoms with van der Waals surface area (Å²) in [6.45, 7) is 0. The molecule has 12 atom stereocenters. The van der Waals surface area contributed by atoms with Crippen LogP contribution in [0.25, 0.3) is 21.5 Å². The van der Waals surface area contributed by atoms with Crippen LogP contribution in [-0.2, 0) is 20.4 Å². The molecule has 0 radical (unpaired) electrons. The quantitative estimate of drug-likeness (QED) is 0.173. The van der Waals surface area contributed by atoms with Gasteiger partial charge >= 0.3 is 20.4 Å². The second-order valence-electron chi connectivity index (χ2n) is 20.1. The van der Waals surface area contributed by atoms with Gasteiger partial charge in [-0.3, -0.25) is 0 Å². The van der Waals surface area contributed by atoms with Crippen molar-refractivity contribution in [1.82, 2.24) is 20.6 Å². The molecule has 2 saturated carbocycles. The molecular weight excluding hydrogens is 883 g/mol. The van der Waals surface area contributed by atoms with Crippen molar-refractivity contribution in [2.24, 2.45) is 23.7 Å². The van der Waals surface area contributed by atoms with E-state index in [0.717, 1.165) is 0 Å². The monoisotopic (exact) mass is 940 g/mol. The first-order chi connectivity index (χ1) is 31.8. The van der Waals surface area contributed by atoms with Crippen molar-refractivity contribution < 1.29 is 20.4 Å². The minimum absolute atomic E-state index is 0. The number of aromatic nitrogens is 2. The number of benzene rings is 6. The number of rotatable bonds is 4. The van der Waals surface area contributed by atoms with Crippen LogP contribution < -0.4 is 20.6 Å². The van der Waals surface area contributed by atoms with Gasteiger partial charge in [0.05, 0.1) is 0 Å². The summed E-state index contributed by atoms with van der Waals surface area (Å²) in [5, 5.41) is 14.5. The first kappa shape index (κ1) is 41.4. The van der Waals surface area contributed by atoms with Crippen molar-refractivity contribution in [2.45, 2.75) is 99.2 Å². The average molecular weight is 942 g/mol. The van der Waals surface area contributed by atoms with Crippen LogP contribution in [0.4, 0.5) is 0 Å². The van der Waals surface area contributed by atoms with Gasteiger partial charge in [-0.1, -0.05) is 196 Å². The van der Waals surface area contributed by atoms with Crippen molar-refractivity contribution in [1.29, 1.82) is 0 Å². The van der Waals surface area contributed by atoms with E-state index < -0.39 is 0 Å². The molecule has 2 N–H and O–H groups in total. The zero-order valence-corrected chi connectivity index (χ0v) is 38.5. The van der Waals surface area contributed by atoms with Gasteiger partial charge in [-0.15, -0.1) is 22.8 Å². The zero-order valence-electron chi connectivity index (χ0n) is 37.0. The van der Waals surface area contributed by atoms with Gasteiger partial charge in [-0.2, -0.15) is 0 Å². The van der Waals surface area contributed by atoms with E-state index in [9.17, 15) is 0 Å². The molecule has 328 valence electrons. The third kappa shape index (κ3) is 6.87. The Morgan fingerprint density at radius 2 is 0.508 bits per heavy atom. The van der Waals surface area contributed by atoms with E-state index in [-0.39, 0.29) is 68.3 Å². The van der Waals surface area contributed by atoms with E-state index in [0.29, 0.717) is 23.7 Å². The summed E-state index contributed by atoms with van der Waals surface area (Å²) < 4.78 is 0.